The lowest BCUT2D eigenvalue weighted by Crippen LogP contribution is -2.32. The van der Waals surface area contributed by atoms with Gasteiger partial charge in [0, 0.05) is 29.3 Å². The molecule has 2 unspecified atom stereocenters. The SMILES string of the molecule is N#Cc1cc(C2C3=C(CCCC3=O)N=C3CCSC32)ccc1F. The molecular formula is C18H15FN2OS. The second-order valence-electron chi connectivity index (χ2n) is 6.11. The molecule has 2 atom stereocenters. The predicted molar refractivity (Wildman–Crippen MR) is 88.0 cm³/mol. The van der Waals surface area contributed by atoms with Gasteiger partial charge in [0.05, 0.1) is 10.8 Å². The number of halogens is 1. The number of aliphatic imine (C=N–C) groups is 1. The largest absolute Gasteiger partial charge is 0.294 e. The molecular weight excluding hydrogens is 311 g/mol. The topological polar surface area (TPSA) is 53.2 Å². The van der Waals surface area contributed by atoms with Gasteiger partial charge in [-0.1, -0.05) is 6.07 Å². The number of thioether (sulfide) groups is 1. The van der Waals surface area contributed by atoms with Crippen LogP contribution in [0.4, 0.5) is 4.39 Å². The Labute approximate surface area is 138 Å². The summed E-state index contributed by atoms with van der Waals surface area (Å²) in [5, 5.41) is 9.26. The zero-order valence-electron chi connectivity index (χ0n) is 12.5. The Kier molecular flexibility index (Phi) is 3.57. The van der Waals surface area contributed by atoms with Crippen molar-refractivity contribution in [1.29, 1.82) is 5.26 Å². The van der Waals surface area contributed by atoms with Crippen LogP contribution in [-0.2, 0) is 4.79 Å². The first-order valence-electron chi connectivity index (χ1n) is 7.84. The van der Waals surface area contributed by atoms with E-state index in [1.807, 2.05) is 17.8 Å². The Bertz CT molecular complexity index is 806. The first-order chi connectivity index (χ1) is 11.2. The van der Waals surface area contributed by atoms with Crippen LogP contribution in [0.1, 0.15) is 42.7 Å². The average Bonchev–Trinajstić information content (AvgIpc) is 3.02. The van der Waals surface area contributed by atoms with Gasteiger partial charge >= 0.3 is 0 Å². The van der Waals surface area contributed by atoms with Crippen LogP contribution in [0.25, 0.3) is 0 Å². The number of carbonyl (C=O) groups excluding carboxylic acids is 1. The Morgan fingerprint density at radius 1 is 1.30 bits per heavy atom. The number of allylic oxidation sites excluding steroid dienone is 2. The fourth-order valence-corrected chi connectivity index (χ4v) is 5.17. The van der Waals surface area contributed by atoms with Gasteiger partial charge in [0.2, 0.25) is 0 Å². The molecule has 0 amide bonds. The van der Waals surface area contributed by atoms with Gasteiger partial charge in [0.15, 0.2) is 5.78 Å². The van der Waals surface area contributed by atoms with Gasteiger partial charge in [-0.15, -0.1) is 0 Å². The fourth-order valence-electron chi connectivity index (χ4n) is 3.74. The maximum Gasteiger partial charge on any atom is 0.161 e. The number of hydrogen-bond donors (Lipinski definition) is 0. The summed E-state index contributed by atoms with van der Waals surface area (Å²) < 4.78 is 13.7. The quantitative estimate of drug-likeness (QED) is 0.790. The minimum absolute atomic E-state index is 0.0416. The van der Waals surface area contributed by atoms with E-state index >= 15 is 0 Å². The molecule has 1 saturated heterocycles. The number of nitrogens with zero attached hydrogens (tertiary/aromatic N) is 2. The van der Waals surface area contributed by atoms with Crippen molar-refractivity contribution in [3.63, 3.8) is 0 Å². The van der Waals surface area contributed by atoms with E-state index in [2.05, 4.69) is 0 Å². The zero-order chi connectivity index (χ0) is 16.0. The van der Waals surface area contributed by atoms with E-state index in [1.54, 1.807) is 12.1 Å². The number of hydrogen-bond acceptors (Lipinski definition) is 4. The van der Waals surface area contributed by atoms with Gasteiger partial charge < -0.3 is 0 Å². The highest BCUT2D eigenvalue weighted by atomic mass is 32.2. The third-order valence-corrected chi connectivity index (χ3v) is 6.12. The molecule has 0 bridgehead atoms. The van der Waals surface area contributed by atoms with Crippen molar-refractivity contribution >= 4 is 23.3 Å². The van der Waals surface area contributed by atoms with Crippen molar-refractivity contribution in [1.82, 2.24) is 0 Å². The lowest BCUT2D eigenvalue weighted by Gasteiger charge is -2.33. The number of rotatable bonds is 1. The zero-order valence-corrected chi connectivity index (χ0v) is 13.3. The van der Waals surface area contributed by atoms with Crippen molar-refractivity contribution in [3.8, 4) is 6.07 Å². The van der Waals surface area contributed by atoms with Crippen LogP contribution in [0.2, 0.25) is 0 Å². The number of benzene rings is 1. The molecule has 2 heterocycles. The highest BCUT2D eigenvalue weighted by Crippen LogP contribution is 2.47. The van der Waals surface area contributed by atoms with E-state index in [0.29, 0.717) is 6.42 Å². The highest BCUT2D eigenvalue weighted by molar-refractivity contribution is 8.01. The third-order valence-electron chi connectivity index (χ3n) is 4.78. The Balaban J connectivity index is 1.88. The van der Waals surface area contributed by atoms with Crippen LogP contribution in [0, 0.1) is 17.1 Å². The first kappa shape index (κ1) is 14.6. The van der Waals surface area contributed by atoms with Crippen molar-refractivity contribution in [2.24, 2.45) is 4.99 Å². The predicted octanol–water partition coefficient (Wildman–Crippen LogP) is 3.75. The van der Waals surface area contributed by atoms with E-state index in [1.165, 1.54) is 6.07 Å². The van der Waals surface area contributed by atoms with E-state index in [4.69, 9.17) is 10.3 Å². The first-order valence-corrected chi connectivity index (χ1v) is 8.89. The fraction of sp³-hybridized carbons (Fsp3) is 0.389. The summed E-state index contributed by atoms with van der Waals surface area (Å²) in [7, 11) is 0. The minimum Gasteiger partial charge on any atom is -0.294 e. The number of carbonyl (C=O) groups is 1. The average molecular weight is 326 g/mol. The standard InChI is InChI=1S/C18H15FN2OS/c19-12-5-4-10(8-11(12)9-20)16-17-13(2-1-3-15(17)22)21-14-6-7-23-18(14)16/h4-5,8,16,18H,1-3,6-7H2. The van der Waals surface area contributed by atoms with Gasteiger partial charge in [-0.25, -0.2) is 4.39 Å². The summed E-state index contributed by atoms with van der Waals surface area (Å²) in [6.45, 7) is 0. The molecule has 1 aromatic carbocycles. The van der Waals surface area contributed by atoms with E-state index in [0.717, 1.165) is 47.6 Å². The number of Topliss-reactive ketones (excluding diaryl/α,β-unsaturated/α-hetero) is 1. The Hall–Kier alpha value is -1.93. The van der Waals surface area contributed by atoms with E-state index in [-0.39, 0.29) is 22.5 Å². The Morgan fingerprint density at radius 2 is 2.17 bits per heavy atom. The maximum absolute atomic E-state index is 13.7. The summed E-state index contributed by atoms with van der Waals surface area (Å²) in [4.78, 5) is 17.3. The summed E-state index contributed by atoms with van der Waals surface area (Å²) in [5.74, 6) is 0.560. The minimum atomic E-state index is -0.510. The van der Waals surface area contributed by atoms with Crippen molar-refractivity contribution in [2.75, 3.05) is 5.75 Å². The number of ketones is 1. The molecule has 1 aliphatic carbocycles. The van der Waals surface area contributed by atoms with Crippen molar-refractivity contribution in [2.45, 2.75) is 36.9 Å². The van der Waals surface area contributed by atoms with Crippen LogP contribution in [0.5, 0.6) is 0 Å². The second kappa shape index (κ2) is 5.61. The lowest BCUT2D eigenvalue weighted by molar-refractivity contribution is -0.116. The molecule has 3 aliphatic rings. The summed E-state index contributed by atoms with van der Waals surface area (Å²) in [6.07, 6.45) is 3.20. The van der Waals surface area contributed by atoms with Crippen LogP contribution < -0.4 is 0 Å². The van der Waals surface area contributed by atoms with Gasteiger partial charge in [0.1, 0.15) is 11.9 Å². The maximum atomic E-state index is 13.7. The van der Waals surface area contributed by atoms with Gasteiger partial charge in [-0.05, 0) is 42.7 Å². The molecule has 23 heavy (non-hydrogen) atoms. The van der Waals surface area contributed by atoms with Crippen LogP contribution >= 0.6 is 11.8 Å². The second-order valence-corrected chi connectivity index (χ2v) is 7.36. The molecule has 4 rings (SSSR count). The molecule has 0 radical (unpaired) electrons. The Morgan fingerprint density at radius 3 is 3.00 bits per heavy atom. The molecule has 116 valence electrons. The molecule has 5 heteroatoms. The van der Waals surface area contributed by atoms with Crippen LogP contribution in [0.15, 0.2) is 34.5 Å². The van der Waals surface area contributed by atoms with Crippen molar-refractivity contribution in [3.05, 3.63) is 46.4 Å². The molecule has 1 aromatic rings. The lowest BCUT2D eigenvalue weighted by atomic mass is 9.77. The van der Waals surface area contributed by atoms with E-state index < -0.39 is 5.82 Å². The number of fused-ring (bicyclic) bond motifs is 1. The summed E-state index contributed by atoms with van der Waals surface area (Å²) >= 11 is 1.81. The van der Waals surface area contributed by atoms with Crippen LogP contribution in [-0.4, -0.2) is 22.5 Å². The van der Waals surface area contributed by atoms with Gasteiger partial charge in [-0.2, -0.15) is 17.0 Å². The number of nitriles is 1. The van der Waals surface area contributed by atoms with Crippen molar-refractivity contribution < 1.29 is 9.18 Å². The smallest absolute Gasteiger partial charge is 0.161 e. The molecule has 0 aromatic heterocycles. The molecule has 0 saturated carbocycles. The third kappa shape index (κ3) is 2.33. The molecule has 0 N–H and O–H groups in total. The van der Waals surface area contributed by atoms with Gasteiger partial charge in [0.25, 0.3) is 0 Å². The molecule has 0 spiro atoms. The van der Waals surface area contributed by atoms with Gasteiger partial charge in [-0.3, -0.25) is 9.79 Å². The van der Waals surface area contributed by atoms with E-state index in [9.17, 15) is 9.18 Å². The molecule has 3 nitrogen and oxygen atoms in total. The normalized spacial score (nSPS) is 26.4. The monoisotopic (exact) mass is 326 g/mol. The highest BCUT2D eigenvalue weighted by Gasteiger charge is 2.42. The van der Waals surface area contributed by atoms with Crippen LogP contribution in [0.3, 0.4) is 0 Å². The summed E-state index contributed by atoms with van der Waals surface area (Å²) in [6, 6.07) is 6.57. The molecule has 2 aliphatic heterocycles. The molecule has 1 fully saturated rings. The summed E-state index contributed by atoms with van der Waals surface area (Å²) in [5.41, 5.74) is 3.77.